The van der Waals surface area contributed by atoms with Gasteiger partial charge in [0.15, 0.2) is 6.61 Å². The van der Waals surface area contributed by atoms with Gasteiger partial charge in [-0.15, -0.1) is 0 Å². The molecule has 174 valence electrons. The van der Waals surface area contributed by atoms with E-state index in [4.69, 9.17) is 9.47 Å². The average molecular weight is 456 g/mol. The molecule has 0 bridgehead atoms. The predicted molar refractivity (Wildman–Crippen MR) is 118 cm³/mol. The molecule has 0 heterocycles. The standard InChI is InChI=1S/C23H24N2O8/c1-3-32-23(30)16-6-10-17(11-7-16)24-19(26)12-13-21(28)33-14-20(27)25-18-8-4-15(5-9-18)22(29)31-2/h4-11H,3,12-14H2,1-2H3,(H,24,26)(H,25,27). The number of amides is 2. The topological polar surface area (TPSA) is 137 Å². The highest BCUT2D eigenvalue weighted by Crippen LogP contribution is 2.12. The lowest BCUT2D eigenvalue weighted by molar-refractivity contribution is -0.147. The second-order valence-electron chi connectivity index (χ2n) is 6.62. The van der Waals surface area contributed by atoms with E-state index in [1.165, 1.54) is 43.5 Å². The number of carbonyl (C=O) groups excluding carboxylic acids is 5. The highest BCUT2D eigenvalue weighted by molar-refractivity contribution is 5.96. The van der Waals surface area contributed by atoms with E-state index in [9.17, 15) is 24.0 Å². The molecule has 2 aromatic carbocycles. The van der Waals surface area contributed by atoms with Gasteiger partial charge in [0, 0.05) is 17.8 Å². The summed E-state index contributed by atoms with van der Waals surface area (Å²) in [6.07, 6.45) is -0.358. The summed E-state index contributed by atoms with van der Waals surface area (Å²) in [5.74, 6) is -2.66. The molecule has 2 rings (SSSR count). The summed E-state index contributed by atoms with van der Waals surface area (Å²) in [5, 5.41) is 5.12. The van der Waals surface area contributed by atoms with Crippen LogP contribution in [0.3, 0.4) is 0 Å². The summed E-state index contributed by atoms with van der Waals surface area (Å²) < 4.78 is 14.3. The second-order valence-corrected chi connectivity index (χ2v) is 6.62. The highest BCUT2D eigenvalue weighted by atomic mass is 16.5. The summed E-state index contributed by atoms with van der Waals surface area (Å²) in [6.45, 7) is 1.45. The van der Waals surface area contributed by atoms with Gasteiger partial charge in [-0.3, -0.25) is 14.4 Å². The number of carbonyl (C=O) groups is 5. The Morgan fingerprint density at radius 2 is 1.21 bits per heavy atom. The zero-order valence-electron chi connectivity index (χ0n) is 18.2. The van der Waals surface area contributed by atoms with Crippen molar-refractivity contribution < 1.29 is 38.2 Å². The van der Waals surface area contributed by atoms with Gasteiger partial charge in [0.25, 0.3) is 5.91 Å². The van der Waals surface area contributed by atoms with E-state index in [-0.39, 0.29) is 19.4 Å². The molecule has 0 spiro atoms. The third kappa shape index (κ3) is 8.44. The molecule has 2 amide bonds. The molecule has 0 aliphatic carbocycles. The summed E-state index contributed by atoms with van der Waals surface area (Å²) >= 11 is 0. The Morgan fingerprint density at radius 3 is 1.73 bits per heavy atom. The summed E-state index contributed by atoms with van der Waals surface area (Å²) in [6, 6.07) is 12.1. The molecule has 0 aromatic heterocycles. The van der Waals surface area contributed by atoms with E-state index in [0.717, 1.165) is 0 Å². The van der Waals surface area contributed by atoms with Gasteiger partial charge in [0.1, 0.15) is 0 Å². The minimum absolute atomic E-state index is 0.144. The summed E-state index contributed by atoms with van der Waals surface area (Å²) in [7, 11) is 1.26. The van der Waals surface area contributed by atoms with Gasteiger partial charge in [-0.25, -0.2) is 9.59 Å². The van der Waals surface area contributed by atoms with Crippen LogP contribution in [0.4, 0.5) is 11.4 Å². The Kier molecular flexibility index (Phi) is 9.56. The largest absolute Gasteiger partial charge is 0.465 e. The van der Waals surface area contributed by atoms with E-state index in [0.29, 0.717) is 22.5 Å². The third-order valence-electron chi connectivity index (χ3n) is 4.19. The molecular weight excluding hydrogens is 432 g/mol. The second kappa shape index (κ2) is 12.6. The van der Waals surface area contributed by atoms with E-state index >= 15 is 0 Å². The molecule has 2 aromatic rings. The number of rotatable bonds is 10. The Balaban J connectivity index is 1.69. The Morgan fingerprint density at radius 1 is 0.697 bits per heavy atom. The number of hydrogen-bond donors (Lipinski definition) is 2. The summed E-state index contributed by atoms with van der Waals surface area (Å²) in [4.78, 5) is 58.7. The van der Waals surface area contributed by atoms with Gasteiger partial charge in [-0.2, -0.15) is 0 Å². The molecule has 0 saturated heterocycles. The molecule has 0 aliphatic heterocycles. The molecule has 33 heavy (non-hydrogen) atoms. The predicted octanol–water partition coefficient (Wildman–Crippen LogP) is 2.55. The number of ether oxygens (including phenoxy) is 3. The van der Waals surface area contributed by atoms with Crippen LogP contribution in [0.5, 0.6) is 0 Å². The van der Waals surface area contributed by atoms with Crippen LogP contribution >= 0.6 is 0 Å². The smallest absolute Gasteiger partial charge is 0.338 e. The van der Waals surface area contributed by atoms with E-state index in [1.807, 2.05) is 0 Å². The Labute approximate surface area is 190 Å². The lowest BCUT2D eigenvalue weighted by atomic mass is 10.2. The zero-order valence-corrected chi connectivity index (χ0v) is 18.2. The highest BCUT2D eigenvalue weighted by Gasteiger charge is 2.12. The van der Waals surface area contributed by atoms with Gasteiger partial charge >= 0.3 is 17.9 Å². The van der Waals surface area contributed by atoms with E-state index in [1.54, 1.807) is 19.1 Å². The number of anilines is 2. The first kappa shape index (κ1) is 25.1. The molecule has 0 atom stereocenters. The van der Waals surface area contributed by atoms with Crippen LogP contribution in [0.1, 0.15) is 40.5 Å². The van der Waals surface area contributed by atoms with E-state index < -0.39 is 36.3 Å². The molecule has 10 heteroatoms. The van der Waals surface area contributed by atoms with Crippen molar-refractivity contribution >= 4 is 41.1 Å². The van der Waals surface area contributed by atoms with Gasteiger partial charge in [0.2, 0.25) is 5.91 Å². The summed E-state index contributed by atoms with van der Waals surface area (Å²) in [5.41, 5.74) is 1.56. The molecular formula is C23H24N2O8. The minimum atomic E-state index is -0.709. The van der Waals surface area contributed by atoms with Gasteiger partial charge in [0.05, 0.1) is 31.3 Å². The minimum Gasteiger partial charge on any atom is -0.465 e. The Bertz CT molecular complexity index is 1000. The maximum Gasteiger partial charge on any atom is 0.338 e. The normalized spacial score (nSPS) is 10.0. The lowest BCUT2D eigenvalue weighted by Gasteiger charge is -2.08. The van der Waals surface area contributed by atoms with Crippen molar-refractivity contribution in [3.63, 3.8) is 0 Å². The van der Waals surface area contributed by atoms with Crippen LogP contribution in [-0.2, 0) is 28.6 Å². The number of benzene rings is 2. The first-order chi connectivity index (χ1) is 15.8. The zero-order chi connectivity index (χ0) is 24.2. The SMILES string of the molecule is CCOC(=O)c1ccc(NC(=O)CCC(=O)OCC(=O)Nc2ccc(C(=O)OC)cc2)cc1. The molecule has 0 aliphatic rings. The van der Waals surface area contributed by atoms with Crippen LogP contribution in [0.2, 0.25) is 0 Å². The number of methoxy groups -OCH3 is 1. The van der Waals surface area contributed by atoms with Crippen molar-refractivity contribution in [2.75, 3.05) is 31.0 Å². The van der Waals surface area contributed by atoms with Crippen LogP contribution in [0.25, 0.3) is 0 Å². The average Bonchev–Trinajstić information content (AvgIpc) is 2.82. The quantitative estimate of drug-likeness (QED) is 0.411. The maximum absolute atomic E-state index is 12.0. The van der Waals surface area contributed by atoms with Crippen molar-refractivity contribution in [3.8, 4) is 0 Å². The monoisotopic (exact) mass is 456 g/mol. The van der Waals surface area contributed by atoms with Gasteiger partial charge < -0.3 is 24.8 Å². The van der Waals surface area contributed by atoms with Gasteiger partial charge in [-0.05, 0) is 55.5 Å². The van der Waals surface area contributed by atoms with Crippen molar-refractivity contribution in [3.05, 3.63) is 59.7 Å². The molecule has 2 N–H and O–H groups in total. The lowest BCUT2D eigenvalue weighted by Crippen LogP contribution is -2.21. The third-order valence-corrected chi connectivity index (χ3v) is 4.19. The number of esters is 3. The maximum atomic E-state index is 12.0. The fourth-order valence-corrected chi connectivity index (χ4v) is 2.57. The van der Waals surface area contributed by atoms with E-state index in [2.05, 4.69) is 15.4 Å². The molecule has 0 saturated carbocycles. The molecule has 10 nitrogen and oxygen atoms in total. The molecule has 0 fully saturated rings. The molecule has 0 unspecified atom stereocenters. The van der Waals surface area contributed by atoms with Gasteiger partial charge in [-0.1, -0.05) is 0 Å². The Hall–Kier alpha value is -4.21. The molecule has 0 radical (unpaired) electrons. The van der Waals surface area contributed by atoms with Crippen LogP contribution in [-0.4, -0.2) is 50.0 Å². The van der Waals surface area contributed by atoms with Crippen LogP contribution in [0.15, 0.2) is 48.5 Å². The first-order valence-corrected chi connectivity index (χ1v) is 10.0. The van der Waals surface area contributed by atoms with Crippen molar-refractivity contribution in [1.82, 2.24) is 0 Å². The van der Waals surface area contributed by atoms with Crippen molar-refractivity contribution in [1.29, 1.82) is 0 Å². The number of hydrogen-bond acceptors (Lipinski definition) is 8. The number of nitrogens with one attached hydrogen (secondary N) is 2. The fraction of sp³-hybridized carbons (Fsp3) is 0.261. The fourth-order valence-electron chi connectivity index (χ4n) is 2.57. The van der Waals surface area contributed by atoms with Crippen molar-refractivity contribution in [2.24, 2.45) is 0 Å². The van der Waals surface area contributed by atoms with Crippen molar-refractivity contribution in [2.45, 2.75) is 19.8 Å². The first-order valence-electron chi connectivity index (χ1n) is 10.0. The van der Waals surface area contributed by atoms with Crippen LogP contribution < -0.4 is 10.6 Å². The van der Waals surface area contributed by atoms with Crippen LogP contribution in [0, 0.1) is 0 Å².